The van der Waals surface area contributed by atoms with E-state index in [-0.39, 0.29) is 5.91 Å². The van der Waals surface area contributed by atoms with Crippen molar-refractivity contribution in [1.29, 1.82) is 0 Å². The molecule has 3 rings (SSSR count). The highest BCUT2D eigenvalue weighted by Gasteiger charge is 2.22. The lowest BCUT2D eigenvalue weighted by molar-refractivity contribution is -0.122. The van der Waals surface area contributed by atoms with Crippen molar-refractivity contribution in [1.82, 2.24) is 25.2 Å². The Morgan fingerprint density at radius 2 is 2.00 bits per heavy atom. The average Bonchev–Trinajstić information content (AvgIpc) is 2.71. The van der Waals surface area contributed by atoms with E-state index in [0.29, 0.717) is 18.4 Å². The van der Waals surface area contributed by atoms with E-state index in [1.807, 2.05) is 32.0 Å². The number of rotatable bonds is 7. The average molecular weight is 383 g/mol. The van der Waals surface area contributed by atoms with Crippen molar-refractivity contribution in [3.8, 4) is 11.5 Å². The van der Waals surface area contributed by atoms with Gasteiger partial charge >= 0.3 is 0 Å². The first-order valence-corrected chi connectivity index (χ1v) is 10.1. The number of carbonyl (C=O) groups is 1. The summed E-state index contributed by atoms with van der Waals surface area (Å²) < 4.78 is 0. The maximum Gasteiger partial charge on any atom is 0.234 e. The van der Waals surface area contributed by atoms with Crippen molar-refractivity contribution >= 4 is 11.7 Å². The van der Waals surface area contributed by atoms with E-state index < -0.39 is 0 Å². The van der Waals surface area contributed by atoms with Gasteiger partial charge in [0.15, 0.2) is 5.82 Å². The Morgan fingerprint density at radius 1 is 1.21 bits per heavy atom. The second kappa shape index (κ2) is 9.59. The van der Waals surface area contributed by atoms with Crippen LogP contribution in [0.25, 0.3) is 11.5 Å². The minimum Gasteiger partial charge on any atom is -0.367 e. The summed E-state index contributed by atoms with van der Waals surface area (Å²) in [7, 11) is 0. The van der Waals surface area contributed by atoms with Gasteiger partial charge in [-0.05, 0) is 45.2 Å². The molecule has 28 heavy (non-hydrogen) atoms. The molecule has 1 amide bonds. The lowest BCUT2D eigenvalue weighted by atomic mass is 10.0. The molecule has 150 valence electrons. The fraction of sp³-hybridized carbons (Fsp3) is 0.524. The fourth-order valence-corrected chi connectivity index (χ4v) is 3.33. The molecule has 0 saturated carbocycles. The number of likely N-dealkylation sites (tertiary alicyclic amines) is 1. The van der Waals surface area contributed by atoms with Gasteiger partial charge in [0.2, 0.25) is 5.91 Å². The standard InChI is InChI=1S/C21H30N6O/c1-4-10-23-19(28)14-27-12-8-17(9-13-27)25-20-15(2)16(3)24-21(26-20)18-7-5-6-11-22-18/h5-7,11,17H,4,8-10,12-14H2,1-3H3,(H,23,28)(H,24,25,26). The van der Waals surface area contributed by atoms with E-state index in [0.717, 1.165) is 61.7 Å². The SMILES string of the molecule is CCCNC(=O)CN1CCC(Nc2nc(-c3ccccn3)nc(C)c2C)CC1. The molecule has 0 unspecified atom stereocenters. The van der Waals surface area contributed by atoms with Gasteiger partial charge < -0.3 is 10.6 Å². The van der Waals surface area contributed by atoms with Crippen molar-refractivity contribution in [3.63, 3.8) is 0 Å². The molecule has 0 bridgehead atoms. The third-order valence-electron chi connectivity index (χ3n) is 5.15. The van der Waals surface area contributed by atoms with Crippen LogP contribution in [0.2, 0.25) is 0 Å². The topological polar surface area (TPSA) is 83.0 Å². The van der Waals surface area contributed by atoms with E-state index in [1.54, 1.807) is 6.20 Å². The molecule has 2 aromatic heterocycles. The van der Waals surface area contributed by atoms with E-state index in [4.69, 9.17) is 4.98 Å². The van der Waals surface area contributed by atoms with Crippen molar-refractivity contribution < 1.29 is 4.79 Å². The van der Waals surface area contributed by atoms with Crippen LogP contribution in [0.4, 0.5) is 5.82 Å². The number of hydrogen-bond donors (Lipinski definition) is 2. The minimum atomic E-state index is 0.121. The van der Waals surface area contributed by atoms with Crippen LogP contribution in [0.15, 0.2) is 24.4 Å². The molecule has 0 aromatic carbocycles. The van der Waals surface area contributed by atoms with Gasteiger partial charge in [-0.15, -0.1) is 0 Å². The van der Waals surface area contributed by atoms with Crippen molar-refractivity contribution in [3.05, 3.63) is 35.7 Å². The molecule has 7 heteroatoms. The smallest absolute Gasteiger partial charge is 0.234 e. The van der Waals surface area contributed by atoms with Crippen LogP contribution < -0.4 is 10.6 Å². The van der Waals surface area contributed by atoms with Crippen molar-refractivity contribution in [2.75, 3.05) is 31.5 Å². The maximum absolute atomic E-state index is 11.9. The highest BCUT2D eigenvalue weighted by molar-refractivity contribution is 5.78. The van der Waals surface area contributed by atoms with Crippen LogP contribution in [0.1, 0.15) is 37.4 Å². The largest absolute Gasteiger partial charge is 0.367 e. The van der Waals surface area contributed by atoms with Gasteiger partial charge in [-0.25, -0.2) is 9.97 Å². The van der Waals surface area contributed by atoms with Crippen molar-refractivity contribution in [2.24, 2.45) is 0 Å². The van der Waals surface area contributed by atoms with Gasteiger partial charge in [0.25, 0.3) is 0 Å². The molecule has 2 aromatic rings. The van der Waals surface area contributed by atoms with E-state index >= 15 is 0 Å². The molecule has 1 saturated heterocycles. The quantitative estimate of drug-likeness (QED) is 0.766. The number of nitrogens with zero attached hydrogens (tertiary/aromatic N) is 4. The highest BCUT2D eigenvalue weighted by atomic mass is 16.2. The van der Waals surface area contributed by atoms with Crippen LogP contribution in [-0.4, -0.2) is 58.0 Å². The number of hydrogen-bond acceptors (Lipinski definition) is 6. The monoisotopic (exact) mass is 382 g/mol. The van der Waals surface area contributed by atoms with Gasteiger partial charge in [-0.3, -0.25) is 14.7 Å². The Hall–Kier alpha value is -2.54. The third-order valence-corrected chi connectivity index (χ3v) is 5.15. The van der Waals surface area contributed by atoms with Gasteiger partial charge in [0.1, 0.15) is 11.5 Å². The Balaban J connectivity index is 1.60. The summed E-state index contributed by atoms with van der Waals surface area (Å²) in [5.41, 5.74) is 2.81. The molecule has 1 aliphatic heterocycles. The summed E-state index contributed by atoms with van der Waals surface area (Å²) >= 11 is 0. The molecular formula is C21H30N6O. The van der Waals surface area contributed by atoms with Gasteiger partial charge in [-0.1, -0.05) is 13.0 Å². The lowest BCUT2D eigenvalue weighted by Gasteiger charge is -2.32. The van der Waals surface area contributed by atoms with Gasteiger partial charge in [0, 0.05) is 43.1 Å². The third kappa shape index (κ3) is 5.25. The Kier molecular flexibility index (Phi) is 6.92. The second-order valence-corrected chi connectivity index (χ2v) is 7.37. The first-order valence-electron chi connectivity index (χ1n) is 10.1. The van der Waals surface area contributed by atoms with Crippen LogP contribution in [-0.2, 0) is 4.79 Å². The molecule has 1 fully saturated rings. The number of anilines is 1. The molecule has 0 spiro atoms. The summed E-state index contributed by atoms with van der Waals surface area (Å²) in [5, 5.41) is 6.55. The zero-order chi connectivity index (χ0) is 19.9. The first kappa shape index (κ1) is 20.2. The number of carbonyl (C=O) groups excluding carboxylic acids is 1. The number of piperidine rings is 1. The van der Waals surface area contributed by atoms with E-state index in [1.165, 1.54) is 0 Å². The van der Waals surface area contributed by atoms with E-state index in [2.05, 4.69) is 32.4 Å². The number of aryl methyl sites for hydroxylation is 1. The predicted octanol–water partition coefficient (Wildman–Crippen LogP) is 2.56. The fourth-order valence-electron chi connectivity index (χ4n) is 3.33. The summed E-state index contributed by atoms with van der Waals surface area (Å²) in [6.45, 7) is 9.18. The normalized spacial score (nSPS) is 15.4. The summed E-state index contributed by atoms with van der Waals surface area (Å²) in [6.07, 6.45) is 4.70. The number of pyridine rings is 1. The molecule has 2 N–H and O–H groups in total. The zero-order valence-corrected chi connectivity index (χ0v) is 17.0. The first-order chi connectivity index (χ1) is 13.6. The molecule has 7 nitrogen and oxygen atoms in total. The number of nitrogens with one attached hydrogen (secondary N) is 2. The van der Waals surface area contributed by atoms with Gasteiger partial charge in [-0.2, -0.15) is 0 Å². The second-order valence-electron chi connectivity index (χ2n) is 7.37. The van der Waals surface area contributed by atoms with Crippen LogP contribution in [0, 0.1) is 13.8 Å². The summed E-state index contributed by atoms with van der Waals surface area (Å²) in [5.74, 6) is 1.65. The molecule has 0 atom stereocenters. The molecule has 0 radical (unpaired) electrons. The highest BCUT2D eigenvalue weighted by Crippen LogP contribution is 2.23. The molecule has 3 heterocycles. The van der Waals surface area contributed by atoms with Crippen LogP contribution in [0.3, 0.4) is 0 Å². The lowest BCUT2D eigenvalue weighted by Crippen LogP contribution is -2.44. The Labute approximate surface area is 167 Å². The van der Waals surface area contributed by atoms with E-state index in [9.17, 15) is 4.79 Å². The zero-order valence-electron chi connectivity index (χ0n) is 17.0. The number of amides is 1. The van der Waals surface area contributed by atoms with Crippen molar-refractivity contribution in [2.45, 2.75) is 46.1 Å². The molecular weight excluding hydrogens is 352 g/mol. The predicted molar refractivity (Wildman–Crippen MR) is 111 cm³/mol. The molecule has 0 aliphatic carbocycles. The van der Waals surface area contributed by atoms with Crippen LogP contribution >= 0.6 is 0 Å². The summed E-state index contributed by atoms with van der Waals surface area (Å²) in [6, 6.07) is 6.11. The minimum absolute atomic E-state index is 0.121. The summed E-state index contributed by atoms with van der Waals surface area (Å²) in [4.78, 5) is 27.8. The molecule has 1 aliphatic rings. The van der Waals surface area contributed by atoms with Gasteiger partial charge in [0.05, 0.1) is 6.54 Å². The Morgan fingerprint density at radius 3 is 2.68 bits per heavy atom. The van der Waals surface area contributed by atoms with Crippen LogP contribution in [0.5, 0.6) is 0 Å². The maximum atomic E-state index is 11.9. The Bertz CT molecular complexity index is 787. The number of aromatic nitrogens is 3.